The molecule has 20 heavy (non-hydrogen) atoms. The summed E-state index contributed by atoms with van der Waals surface area (Å²) in [4.78, 5) is 11.4. The molecule has 5 heteroatoms. The van der Waals surface area contributed by atoms with Gasteiger partial charge in [0.2, 0.25) is 0 Å². The van der Waals surface area contributed by atoms with Gasteiger partial charge in [0.05, 0.1) is 39.5 Å². The molecule has 1 aromatic carbocycles. The summed E-state index contributed by atoms with van der Waals surface area (Å²) in [6, 6.07) is 7.75. The molecule has 1 heterocycles. The molecule has 0 radical (unpaired) electrons. The highest BCUT2D eigenvalue weighted by molar-refractivity contribution is 5.72. The van der Waals surface area contributed by atoms with Gasteiger partial charge in [-0.15, -0.1) is 0 Å². The molecule has 0 aliphatic carbocycles. The van der Waals surface area contributed by atoms with Crippen molar-refractivity contribution in [1.82, 2.24) is 5.32 Å². The zero-order valence-electron chi connectivity index (χ0n) is 11.8. The number of esters is 1. The zero-order chi connectivity index (χ0) is 14.2. The van der Waals surface area contributed by atoms with Gasteiger partial charge >= 0.3 is 5.97 Å². The molecule has 1 aromatic rings. The topological polar surface area (TPSA) is 56.8 Å². The minimum absolute atomic E-state index is 0.108. The van der Waals surface area contributed by atoms with E-state index in [4.69, 9.17) is 14.2 Å². The van der Waals surface area contributed by atoms with E-state index < -0.39 is 0 Å². The van der Waals surface area contributed by atoms with E-state index in [1.807, 2.05) is 24.3 Å². The van der Waals surface area contributed by atoms with Crippen molar-refractivity contribution < 1.29 is 19.0 Å². The maximum atomic E-state index is 11.4. The van der Waals surface area contributed by atoms with Crippen molar-refractivity contribution in [1.29, 1.82) is 0 Å². The summed E-state index contributed by atoms with van der Waals surface area (Å²) >= 11 is 0. The first kappa shape index (κ1) is 15.0. The van der Waals surface area contributed by atoms with Crippen LogP contribution < -0.4 is 5.32 Å². The van der Waals surface area contributed by atoms with E-state index in [-0.39, 0.29) is 18.5 Å². The normalized spacial score (nSPS) is 18.8. The minimum atomic E-state index is -0.239. The average Bonchev–Trinajstić information content (AvgIpc) is 2.50. The van der Waals surface area contributed by atoms with Crippen LogP contribution in [0.25, 0.3) is 0 Å². The Balaban J connectivity index is 1.83. The Morgan fingerprint density at radius 2 is 2.20 bits per heavy atom. The summed E-state index contributed by atoms with van der Waals surface area (Å²) in [5.74, 6) is -0.239. The minimum Gasteiger partial charge on any atom is -0.469 e. The molecule has 1 aliphatic heterocycles. The monoisotopic (exact) mass is 279 g/mol. The number of methoxy groups -OCH3 is 1. The molecular formula is C15H21NO4. The number of nitrogens with one attached hydrogen (secondary N) is 1. The smallest absolute Gasteiger partial charge is 0.309 e. The van der Waals surface area contributed by atoms with E-state index in [2.05, 4.69) is 5.32 Å². The van der Waals surface area contributed by atoms with E-state index >= 15 is 0 Å². The first-order valence-corrected chi connectivity index (χ1v) is 6.83. The molecule has 1 atom stereocenters. The van der Waals surface area contributed by atoms with Crippen molar-refractivity contribution in [3.05, 3.63) is 35.4 Å². The fraction of sp³-hybridized carbons (Fsp3) is 0.533. The van der Waals surface area contributed by atoms with Crippen molar-refractivity contribution in [2.24, 2.45) is 0 Å². The number of ether oxygens (including phenoxy) is 3. The third-order valence-electron chi connectivity index (χ3n) is 3.25. The lowest BCUT2D eigenvalue weighted by Crippen LogP contribution is -2.40. The lowest BCUT2D eigenvalue weighted by molar-refractivity contribution is -0.139. The summed E-state index contributed by atoms with van der Waals surface area (Å²) in [6.07, 6.45) is 0.383. The van der Waals surface area contributed by atoms with Gasteiger partial charge in [-0.25, -0.2) is 0 Å². The Labute approximate surface area is 119 Å². The van der Waals surface area contributed by atoms with Crippen LogP contribution in [0.15, 0.2) is 24.3 Å². The summed E-state index contributed by atoms with van der Waals surface area (Å²) in [7, 11) is 1.40. The zero-order valence-corrected chi connectivity index (χ0v) is 11.8. The average molecular weight is 279 g/mol. The van der Waals surface area contributed by atoms with E-state index in [1.165, 1.54) is 7.11 Å². The molecule has 1 N–H and O–H groups in total. The Hall–Kier alpha value is -1.43. The molecule has 1 aliphatic rings. The third-order valence-corrected chi connectivity index (χ3v) is 3.25. The van der Waals surface area contributed by atoms with Crippen LogP contribution in [-0.4, -0.2) is 45.5 Å². The standard InChI is InChI=1S/C15H21NO4/c1-18-15(17)8-12-4-2-3-5-13(12)10-19-11-14-9-16-6-7-20-14/h2-5,14,16H,6-11H2,1H3. The maximum Gasteiger partial charge on any atom is 0.309 e. The molecule has 0 amide bonds. The summed E-state index contributed by atoms with van der Waals surface area (Å²) in [5.41, 5.74) is 1.96. The van der Waals surface area contributed by atoms with E-state index in [1.54, 1.807) is 0 Å². The highest BCUT2D eigenvalue weighted by atomic mass is 16.5. The van der Waals surface area contributed by atoms with Gasteiger partial charge in [0.25, 0.3) is 0 Å². The van der Waals surface area contributed by atoms with Crippen molar-refractivity contribution in [3.63, 3.8) is 0 Å². The van der Waals surface area contributed by atoms with Crippen molar-refractivity contribution in [3.8, 4) is 0 Å². The molecular weight excluding hydrogens is 258 g/mol. The van der Waals surface area contributed by atoms with Crippen LogP contribution in [0.2, 0.25) is 0 Å². The van der Waals surface area contributed by atoms with Crippen molar-refractivity contribution in [2.75, 3.05) is 33.4 Å². The Morgan fingerprint density at radius 3 is 2.90 bits per heavy atom. The highest BCUT2D eigenvalue weighted by Gasteiger charge is 2.14. The second-order valence-corrected chi connectivity index (χ2v) is 4.73. The third kappa shape index (κ3) is 4.59. The molecule has 0 spiro atoms. The molecule has 0 aromatic heterocycles. The van der Waals surface area contributed by atoms with Crippen molar-refractivity contribution in [2.45, 2.75) is 19.1 Å². The Bertz CT molecular complexity index is 430. The van der Waals surface area contributed by atoms with Gasteiger partial charge in [-0.05, 0) is 11.1 Å². The van der Waals surface area contributed by atoms with Gasteiger partial charge in [-0.1, -0.05) is 24.3 Å². The molecule has 0 saturated carbocycles. The number of rotatable bonds is 6. The lowest BCUT2D eigenvalue weighted by Gasteiger charge is -2.23. The first-order valence-electron chi connectivity index (χ1n) is 6.83. The number of carbonyl (C=O) groups is 1. The number of benzene rings is 1. The van der Waals surface area contributed by atoms with Gasteiger partial charge in [0.15, 0.2) is 0 Å². The SMILES string of the molecule is COC(=O)Cc1ccccc1COCC1CNCCO1. The second kappa shape index (κ2) is 7.99. The summed E-state index contributed by atoms with van der Waals surface area (Å²) in [5, 5.41) is 3.26. The number of hydrogen-bond donors (Lipinski definition) is 1. The van der Waals surface area contributed by atoms with Crippen LogP contribution in [-0.2, 0) is 32.0 Å². The van der Waals surface area contributed by atoms with Gasteiger partial charge in [0, 0.05) is 13.1 Å². The molecule has 0 bridgehead atoms. The first-order chi connectivity index (χ1) is 9.79. The fourth-order valence-corrected chi connectivity index (χ4v) is 2.13. The molecule has 1 fully saturated rings. The van der Waals surface area contributed by atoms with Gasteiger partial charge < -0.3 is 19.5 Å². The molecule has 2 rings (SSSR count). The molecule has 5 nitrogen and oxygen atoms in total. The van der Waals surface area contributed by atoms with Gasteiger partial charge in [-0.2, -0.15) is 0 Å². The molecule has 110 valence electrons. The van der Waals surface area contributed by atoms with E-state index in [0.29, 0.717) is 13.2 Å². The quantitative estimate of drug-likeness (QED) is 0.784. The summed E-state index contributed by atoms with van der Waals surface area (Å²) < 4.78 is 16.0. The van der Waals surface area contributed by atoms with Gasteiger partial charge in [0.1, 0.15) is 0 Å². The predicted molar refractivity (Wildman–Crippen MR) is 74.4 cm³/mol. The number of carbonyl (C=O) groups excluding carboxylic acids is 1. The Morgan fingerprint density at radius 1 is 1.40 bits per heavy atom. The van der Waals surface area contributed by atoms with Crippen LogP contribution in [0.3, 0.4) is 0 Å². The lowest BCUT2D eigenvalue weighted by atomic mass is 10.1. The van der Waals surface area contributed by atoms with Crippen molar-refractivity contribution >= 4 is 5.97 Å². The largest absolute Gasteiger partial charge is 0.469 e. The molecule has 1 saturated heterocycles. The Kier molecular flexibility index (Phi) is 5.98. The van der Waals surface area contributed by atoms with Crippen LogP contribution in [0.1, 0.15) is 11.1 Å². The van der Waals surface area contributed by atoms with Crippen LogP contribution >= 0.6 is 0 Å². The van der Waals surface area contributed by atoms with Crippen LogP contribution in [0.4, 0.5) is 0 Å². The predicted octanol–water partition coefficient (Wildman–Crippen LogP) is 0.907. The van der Waals surface area contributed by atoms with Gasteiger partial charge in [-0.3, -0.25) is 4.79 Å². The summed E-state index contributed by atoms with van der Waals surface area (Å²) in [6.45, 7) is 3.49. The second-order valence-electron chi connectivity index (χ2n) is 4.73. The number of hydrogen-bond acceptors (Lipinski definition) is 5. The van der Waals surface area contributed by atoms with Crippen LogP contribution in [0.5, 0.6) is 0 Å². The fourth-order valence-electron chi connectivity index (χ4n) is 2.13. The van der Waals surface area contributed by atoms with E-state index in [0.717, 1.165) is 30.8 Å². The van der Waals surface area contributed by atoms with Crippen LogP contribution in [0, 0.1) is 0 Å². The van der Waals surface area contributed by atoms with E-state index in [9.17, 15) is 4.79 Å². The number of morpholine rings is 1. The molecule has 1 unspecified atom stereocenters. The highest BCUT2D eigenvalue weighted by Crippen LogP contribution is 2.12. The maximum absolute atomic E-state index is 11.4.